The van der Waals surface area contributed by atoms with Crippen molar-refractivity contribution in [2.75, 3.05) is 31.6 Å². The van der Waals surface area contributed by atoms with Gasteiger partial charge in [-0.3, -0.25) is 0 Å². The highest BCUT2D eigenvalue weighted by atomic mass is 35.5. The third-order valence-corrected chi connectivity index (χ3v) is 3.08. The molecule has 0 saturated carbocycles. The summed E-state index contributed by atoms with van der Waals surface area (Å²) in [4.78, 5) is 24.7. The first-order valence-corrected chi connectivity index (χ1v) is 6.13. The van der Waals surface area contributed by atoms with E-state index in [9.17, 15) is 9.59 Å². The Morgan fingerprint density at radius 2 is 2.00 bits per heavy atom. The van der Waals surface area contributed by atoms with Gasteiger partial charge in [-0.05, 0) is 12.1 Å². The number of morpholine rings is 1. The first kappa shape index (κ1) is 13.6. The van der Waals surface area contributed by atoms with Gasteiger partial charge in [-0.15, -0.1) is 0 Å². The van der Waals surface area contributed by atoms with Crippen molar-refractivity contribution in [3.63, 3.8) is 0 Å². The van der Waals surface area contributed by atoms with Crippen molar-refractivity contribution >= 4 is 29.3 Å². The zero-order valence-electron chi connectivity index (χ0n) is 10.1. The van der Waals surface area contributed by atoms with Gasteiger partial charge in [0, 0.05) is 13.1 Å². The van der Waals surface area contributed by atoms with Crippen LogP contribution in [0.5, 0.6) is 0 Å². The second-order valence-electron chi connectivity index (χ2n) is 4.00. The van der Waals surface area contributed by atoms with Crippen LogP contribution in [0.3, 0.4) is 0 Å². The minimum Gasteiger partial charge on any atom is -0.478 e. The Morgan fingerprint density at radius 3 is 2.63 bits per heavy atom. The molecule has 1 aliphatic rings. The standard InChI is InChI=1S/C12H13ClN2O4/c13-8-2-1-3-9(10(8)11(16)17)14-12(18)15-4-6-19-7-5-15/h1-3H,4-7H2,(H,14,18)(H,16,17). The smallest absolute Gasteiger partial charge is 0.339 e. The average Bonchev–Trinajstić information content (AvgIpc) is 2.39. The Hall–Kier alpha value is -1.79. The number of hydrogen-bond donors (Lipinski definition) is 2. The fourth-order valence-corrected chi connectivity index (χ4v) is 2.06. The van der Waals surface area contributed by atoms with Crippen LogP contribution < -0.4 is 5.32 Å². The van der Waals surface area contributed by atoms with Gasteiger partial charge in [0.2, 0.25) is 0 Å². The summed E-state index contributed by atoms with van der Waals surface area (Å²) < 4.78 is 5.14. The number of nitrogens with one attached hydrogen (secondary N) is 1. The SMILES string of the molecule is O=C(O)c1c(Cl)cccc1NC(=O)N1CCOCC1. The van der Waals surface area contributed by atoms with Gasteiger partial charge in [0.1, 0.15) is 5.56 Å². The van der Waals surface area contributed by atoms with Gasteiger partial charge < -0.3 is 20.1 Å². The lowest BCUT2D eigenvalue weighted by Crippen LogP contribution is -2.43. The summed E-state index contributed by atoms with van der Waals surface area (Å²) in [6.07, 6.45) is 0. The van der Waals surface area contributed by atoms with Crippen LogP contribution in [0.2, 0.25) is 5.02 Å². The highest BCUT2D eigenvalue weighted by Crippen LogP contribution is 2.24. The summed E-state index contributed by atoms with van der Waals surface area (Å²) in [7, 11) is 0. The summed E-state index contributed by atoms with van der Waals surface area (Å²) in [6, 6.07) is 4.21. The van der Waals surface area contributed by atoms with Crippen LogP contribution in [-0.4, -0.2) is 48.3 Å². The molecule has 7 heteroatoms. The molecule has 2 amide bonds. The molecule has 19 heavy (non-hydrogen) atoms. The predicted octanol–water partition coefficient (Wildman–Crippen LogP) is 1.90. The maximum absolute atomic E-state index is 12.0. The lowest BCUT2D eigenvalue weighted by molar-refractivity contribution is 0.0564. The summed E-state index contributed by atoms with van der Waals surface area (Å²) in [5.41, 5.74) is 0.0854. The number of carbonyl (C=O) groups is 2. The lowest BCUT2D eigenvalue weighted by atomic mass is 10.2. The molecule has 1 heterocycles. The van der Waals surface area contributed by atoms with E-state index in [-0.39, 0.29) is 22.3 Å². The first-order valence-electron chi connectivity index (χ1n) is 5.75. The molecule has 0 atom stereocenters. The number of hydrogen-bond acceptors (Lipinski definition) is 3. The summed E-state index contributed by atoms with van der Waals surface area (Å²) in [5, 5.41) is 11.8. The number of rotatable bonds is 2. The van der Waals surface area contributed by atoms with Crippen molar-refractivity contribution in [1.82, 2.24) is 4.90 Å². The number of ether oxygens (including phenoxy) is 1. The largest absolute Gasteiger partial charge is 0.478 e. The highest BCUT2D eigenvalue weighted by Gasteiger charge is 2.20. The number of carboxylic acids is 1. The van der Waals surface area contributed by atoms with Crippen molar-refractivity contribution in [3.8, 4) is 0 Å². The fourth-order valence-electron chi connectivity index (χ4n) is 1.81. The van der Waals surface area contributed by atoms with E-state index in [1.165, 1.54) is 12.1 Å². The Morgan fingerprint density at radius 1 is 1.32 bits per heavy atom. The van der Waals surface area contributed by atoms with Crippen molar-refractivity contribution in [2.24, 2.45) is 0 Å². The molecular weight excluding hydrogens is 272 g/mol. The molecule has 2 rings (SSSR count). The molecule has 0 aromatic heterocycles. The minimum atomic E-state index is -1.18. The van der Waals surface area contributed by atoms with Gasteiger partial charge in [-0.2, -0.15) is 0 Å². The molecular formula is C12H13ClN2O4. The zero-order chi connectivity index (χ0) is 13.8. The van der Waals surface area contributed by atoms with E-state index in [4.69, 9.17) is 21.4 Å². The van der Waals surface area contributed by atoms with Gasteiger partial charge in [-0.1, -0.05) is 17.7 Å². The van der Waals surface area contributed by atoms with E-state index in [2.05, 4.69) is 5.32 Å². The molecule has 1 aromatic rings. The van der Waals surface area contributed by atoms with Crippen LogP contribution >= 0.6 is 11.6 Å². The quantitative estimate of drug-likeness (QED) is 0.869. The van der Waals surface area contributed by atoms with Gasteiger partial charge in [0.25, 0.3) is 0 Å². The second-order valence-corrected chi connectivity index (χ2v) is 4.40. The highest BCUT2D eigenvalue weighted by molar-refractivity contribution is 6.34. The predicted molar refractivity (Wildman–Crippen MR) is 69.8 cm³/mol. The Kier molecular flexibility index (Phi) is 4.24. The first-order chi connectivity index (χ1) is 9.09. The Bertz CT molecular complexity index is 501. The van der Waals surface area contributed by atoms with Crippen LogP contribution in [-0.2, 0) is 4.74 Å². The average molecular weight is 285 g/mol. The zero-order valence-corrected chi connectivity index (χ0v) is 10.8. The number of benzene rings is 1. The van der Waals surface area contributed by atoms with Crippen molar-refractivity contribution in [2.45, 2.75) is 0 Å². The van der Waals surface area contributed by atoms with Crippen molar-refractivity contribution in [3.05, 3.63) is 28.8 Å². The fraction of sp³-hybridized carbons (Fsp3) is 0.333. The number of carbonyl (C=O) groups excluding carboxylic acids is 1. The Labute approximate surface area is 114 Å². The number of amides is 2. The molecule has 1 aliphatic heterocycles. The van der Waals surface area contributed by atoms with Crippen LogP contribution in [0, 0.1) is 0 Å². The van der Waals surface area contributed by atoms with E-state index in [1.54, 1.807) is 11.0 Å². The van der Waals surface area contributed by atoms with Crippen LogP contribution in [0.4, 0.5) is 10.5 Å². The third-order valence-electron chi connectivity index (χ3n) is 2.77. The van der Waals surface area contributed by atoms with Crippen LogP contribution in [0.25, 0.3) is 0 Å². The molecule has 0 radical (unpaired) electrons. The molecule has 0 spiro atoms. The number of urea groups is 1. The van der Waals surface area contributed by atoms with Gasteiger partial charge >= 0.3 is 12.0 Å². The van der Waals surface area contributed by atoms with Gasteiger partial charge in [-0.25, -0.2) is 9.59 Å². The molecule has 1 saturated heterocycles. The van der Waals surface area contributed by atoms with Crippen LogP contribution in [0.1, 0.15) is 10.4 Å². The second kappa shape index (κ2) is 5.90. The van der Waals surface area contributed by atoms with E-state index < -0.39 is 5.97 Å². The van der Waals surface area contributed by atoms with Gasteiger partial charge in [0.05, 0.1) is 23.9 Å². The number of nitrogens with zero attached hydrogens (tertiary/aromatic N) is 1. The Balaban J connectivity index is 2.16. The molecule has 0 unspecified atom stereocenters. The molecule has 102 valence electrons. The van der Waals surface area contributed by atoms with E-state index in [0.29, 0.717) is 26.3 Å². The number of anilines is 1. The third kappa shape index (κ3) is 3.15. The van der Waals surface area contributed by atoms with Crippen molar-refractivity contribution < 1.29 is 19.4 Å². The molecule has 1 fully saturated rings. The summed E-state index contributed by atoms with van der Waals surface area (Å²) in [5.74, 6) is -1.18. The monoisotopic (exact) mass is 284 g/mol. The molecule has 1 aromatic carbocycles. The number of halogens is 1. The summed E-state index contributed by atoms with van der Waals surface area (Å²) >= 11 is 5.83. The molecule has 6 nitrogen and oxygen atoms in total. The topological polar surface area (TPSA) is 78.9 Å². The number of aromatic carboxylic acids is 1. The summed E-state index contributed by atoms with van der Waals surface area (Å²) in [6.45, 7) is 1.92. The minimum absolute atomic E-state index is 0.0901. The van der Waals surface area contributed by atoms with Crippen molar-refractivity contribution in [1.29, 1.82) is 0 Å². The molecule has 0 bridgehead atoms. The molecule has 2 N–H and O–H groups in total. The molecule has 0 aliphatic carbocycles. The van der Waals surface area contributed by atoms with E-state index >= 15 is 0 Å². The number of carboxylic acid groups (broad SMARTS) is 1. The van der Waals surface area contributed by atoms with Crippen LogP contribution in [0.15, 0.2) is 18.2 Å². The van der Waals surface area contributed by atoms with E-state index in [1.807, 2.05) is 0 Å². The maximum atomic E-state index is 12.0. The van der Waals surface area contributed by atoms with E-state index in [0.717, 1.165) is 0 Å². The normalized spacial score (nSPS) is 15.1. The maximum Gasteiger partial charge on any atom is 0.339 e. The lowest BCUT2D eigenvalue weighted by Gasteiger charge is -2.27. The van der Waals surface area contributed by atoms with Gasteiger partial charge in [0.15, 0.2) is 0 Å².